The summed E-state index contributed by atoms with van der Waals surface area (Å²) >= 11 is 3.44. The zero-order valence-corrected chi connectivity index (χ0v) is 21.3. The number of benzene rings is 3. The van der Waals surface area contributed by atoms with E-state index in [1.165, 1.54) is 11.6 Å². The van der Waals surface area contributed by atoms with Crippen molar-refractivity contribution in [3.63, 3.8) is 0 Å². The Kier molecular flexibility index (Phi) is 6.81. The fraction of sp³-hybridized carbons (Fsp3) is 0.172. The Bertz CT molecular complexity index is 1360. The zero-order valence-electron chi connectivity index (χ0n) is 19.7. The maximum Gasteiger partial charge on any atom is 0.336 e. The number of allylic oxidation sites excluding steroid dienone is 1. The minimum Gasteiger partial charge on any atom is -0.440 e. The van der Waals surface area contributed by atoms with E-state index in [0.29, 0.717) is 17.1 Å². The molecule has 0 spiro atoms. The van der Waals surface area contributed by atoms with Crippen molar-refractivity contribution in [2.24, 2.45) is 5.73 Å². The number of carbonyl (C=O) groups excluding carboxylic acids is 1. The number of hydrogen-bond donors (Lipinski definition) is 1. The molecule has 3 aromatic rings. The molecule has 2 N–H and O–H groups in total. The number of nitriles is 1. The molecule has 0 amide bonds. The van der Waals surface area contributed by atoms with E-state index in [2.05, 4.69) is 54.9 Å². The predicted molar refractivity (Wildman–Crippen MR) is 140 cm³/mol. The van der Waals surface area contributed by atoms with Crippen molar-refractivity contribution in [1.82, 2.24) is 0 Å². The summed E-state index contributed by atoms with van der Waals surface area (Å²) in [5, 5.41) is 9.70. The lowest BCUT2D eigenvalue weighted by molar-refractivity contribution is -0.128. The van der Waals surface area contributed by atoms with Gasteiger partial charge in [0.1, 0.15) is 23.1 Å². The Labute approximate surface area is 213 Å². The van der Waals surface area contributed by atoms with Gasteiger partial charge in [0, 0.05) is 22.2 Å². The van der Waals surface area contributed by atoms with E-state index in [4.69, 9.17) is 15.2 Å². The van der Waals surface area contributed by atoms with Crippen molar-refractivity contribution in [2.75, 3.05) is 0 Å². The molecule has 5 nitrogen and oxygen atoms in total. The van der Waals surface area contributed by atoms with E-state index in [1.807, 2.05) is 36.4 Å². The molecule has 35 heavy (non-hydrogen) atoms. The number of esters is 1. The highest BCUT2D eigenvalue weighted by Crippen LogP contribution is 2.43. The molecule has 0 saturated heterocycles. The third-order valence-corrected chi connectivity index (χ3v) is 6.33. The van der Waals surface area contributed by atoms with Crippen LogP contribution in [-0.2, 0) is 10.2 Å². The maximum atomic E-state index is 12.4. The van der Waals surface area contributed by atoms with Crippen LogP contribution in [0.2, 0.25) is 0 Å². The van der Waals surface area contributed by atoms with Crippen molar-refractivity contribution in [1.29, 1.82) is 5.26 Å². The lowest BCUT2D eigenvalue weighted by Crippen LogP contribution is -2.21. The van der Waals surface area contributed by atoms with Crippen LogP contribution in [0.1, 0.15) is 48.9 Å². The third-order valence-electron chi connectivity index (χ3n) is 5.80. The van der Waals surface area contributed by atoms with E-state index in [-0.39, 0.29) is 17.2 Å². The van der Waals surface area contributed by atoms with E-state index < -0.39 is 5.97 Å². The zero-order chi connectivity index (χ0) is 25.2. The van der Waals surface area contributed by atoms with Crippen LogP contribution in [0.4, 0.5) is 0 Å². The summed E-state index contributed by atoms with van der Waals surface area (Å²) < 4.78 is 12.1. The fourth-order valence-corrected chi connectivity index (χ4v) is 4.17. The highest BCUT2D eigenvalue weighted by atomic mass is 79.9. The molecule has 0 aliphatic carbocycles. The lowest BCUT2D eigenvalue weighted by atomic mass is 9.83. The number of rotatable bonds is 4. The molecule has 6 heteroatoms. The molecule has 1 atom stereocenters. The van der Waals surface area contributed by atoms with Gasteiger partial charge in [-0.05, 0) is 46.4 Å². The smallest absolute Gasteiger partial charge is 0.336 e. The van der Waals surface area contributed by atoms with Crippen LogP contribution in [0.5, 0.6) is 11.5 Å². The second-order valence-electron chi connectivity index (χ2n) is 9.30. The quantitative estimate of drug-likeness (QED) is 0.234. The molecular formula is C29H25BrN2O3. The second-order valence-corrected chi connectivity index (χ2v) is 10.2. The molecule has 1 aliphatic heterocycles. The van der Waals surface area contributed by atoms with Gasteiger partial charge in [0.05, 0.1) is 5.92 Å². The number of carbonyl (C=O) groups is 1. The Morgan fingerprint density at radius 1 is 1.09 bits per heavy atom. The van der Waals surface area contributed by atoms with Gasteiger partial charge in [-0.2, -0.15) is 5.26 Å². The van der Waals surface area contributed by atoms with Crippen molar-refractivity contribution in [3.05, 3.63) is 111 Å². The Hall–Kier alpha value is -3.82. The van der Waals surface area contributed by atoms with E-state index in [9.17, 15) is 10.1 Å². The first-order valence-electron chi connectivity index (χ1n) is 11.1. The Morgan fingerprint density at radius 3 is 2.40 bits per heavy atom. The number of hydrogen-bond acceptors (Lipinski definition) is 5. The van der Waals surface area contributed by atoms with E-state index in [1.54, 1.807) is 24.3 Å². The maximum absolute atomic E-state index is 12.4. The lowest BCUT2D eigenvalue weighted by Gasteiger charge is -2.26. The molecule has 0 fully saturated rings. The summed E-state index contributed by atoms with van der Waals surface area (Å²) in [6, 6.07) is 23.0. The van der Waals surface area contributed by atoms with Gasteiger partial charge < -0.3 is 15.2 Å². The number of halogens is 1. The van der Waals surface area contributed by atoms with Gasteiger partial charge in [0.2, 0.25) is 5.88 Å². The molecular weight excluding hydrogens is 504 g/mol. The van der Waals surface area contributed by atoms with Gasteiger partial charge in [-0.25, -0.2) is 4.79 Å². The van der Waals surface area contributed by atoms with Crippen LogP contribution in [0, 0.1) is 11.3 Å². The van der Waals surface area contributed by atoms with Gasteiger partial charge >= 0.3 is 5.97 Å². The van der Waals surface area contributed by atoms with Gasteiger partial charge in [-0.1, -0.05) is 79.2 Å². The molecule has 1 unspecified atom stereocenters. The van der Waals surface area contributed by atoms with Crippen molar-refractivity contribution in [2.45, 2.75) is 32.1 Å². The van der Waals surface area contributed by atoms with Gasteiger partial charge in [0.25, 0.3) is 0 Å². The topological polar surface area (TPSA) is 85.3 Å². The first-order valence-corrected chi connectivity index (χ1v) is 11.9. The number of ether oxygens (including phenoxy) is 2. The van der Waals surface area contributed by atoms with E-state index in [0.717, 1.165) is 21.2 Å². The molecule has 4 rings (SSSR count). The number of nitrogens with zero attached hydrogens (tertiary/aromatic N) is 1. The molecule has 0 bridgehead atoms. The monoisotopic (exact) mass is 528 g/mol. The molecule has 0 radical (unpaired) electrons. The minimum absolute atomic E-state index is 0.0370. The summed E-state index contributed by atoms with van der Waals surface area (Å²) in [6.07, 6.45) is 3.10. The number of nitrogens with two attached hydrogens (primary N) is 1. The predicted octanol–water partition coefficient (Wildman–Crippen LogP) is 6.58. The van der Waals surface area contributed by atoms with Gasteiger partial charge in [-0.3, -0.25) is 0 Å². The minimum atomic E-state index is -0.508. The molecule has 0 aromatic heterocycles. The SMILES string of the molecule is CC(C)(C)c1ccc(/C=C/C(=O)Oc2ccc3c(c2)OC(N)=C(C#N)C3c2ccc(Br)cc2)cc1. The van der Waals surface area contributed by atoms with Crippen molar-refractivity contribution in [3.8, 4) is 17.6 Å². The van der Waals surface area contributed by atoms with Crippen LogP contribution in [0.3, 0.4) is 0 Å². The fourth-order valence-electron chi connectivity index (χ4n) is 3.91. The summed E-state index contributed by atoms with van der Waals surface area (Å²) in [5.41, 5.74) is 10.3. The highest BCUT2D eigenvalue weighted by molar-refractivity contribution is 9.10. The normalized spacial score (nSPS) is 15.3. The summed E-state index contributed by atoms with van der Waals surface area (Å²) in [7, 11) is 0. The first kappa shape index (κ1) is 24.3. The first-order chi connectivity index (χ1) is 16.7. The van der Waals surface area contributed by atoms with Crippen molar-refractivity contribution < 1.29 is 14.3 Å². The third kappa shape index (κ3) is 5.47. The van der Waals surface area contributed by atoms with Crippen LogP contribution < -0.4 is 15.2 Å². The largest absolute Gasteiger partial charge is 0.440 e. The highest BCUT2D eigenvalue weighted by Gasteiger charge is 2.31. The summed E-state index contributed by atoms with van der Waals surface area (Å²) in [6.45, 7) is 6.47. The average molecular weight is 529 g/mol. The Morgan fingerprint density at radius 2 is 1.77 bits per heavy atom. The van der Waals surface area contributed by atoms with Gasteiger partial charge in [0.15, 0.2) is 0 Å². The van der Waals surface area contributed by atoms with Crippen LogP contribution in [0.15, 0.2) is 88.7 Å². The molecule has 1 heterocycles. The van der Waals surface area contributed by atoms with Gasteiger partial charge in [-0.15, -0.1) is 0 Å². The standard InChI is InChI=1S/C29H25BrN2O3/c1-29(2,3)20-9-4-18(5-10-20)6-15-26(33)34-22-13-14-23-25(16-22)35-28(32)24(17-31)27(23)19-7-11-21(30)12-8-19/h4-16,27H,32H2,1-3H3/b15-6+. The molecule has 3 aromatic carbocycles. The second kappa shape index (κ2) is 9.81. The van der Waals surface area contributed by atoms with Crippen LogP contribution in [0.25, 0.3) is 6.08 Å². The molecule has 0 saturated carbocycles. The summed E-state index contributed by atoms with van der Waals surface area (Å²) in [5.74, 6) is -0.0791. The summed E-state index contributed by atoms with van der Waals surface area (Å²) in [4.78, 5) is 12.4. The molecule has 1 aliphatic rings. The molecule has 176 valence electrons. The Balaban J connectivity index is 1.53. The number of fused-ring (bicyclic) bond motifs is 1. The van der Waals surface area contributed by atoms with Crippen LogP contribution in [-0.4, -0.2) is 5.97 Å². The van der Waals surface area contributed by atoms with E-state index >= 15 is 0 Å². The van der Waals surface area contributed by atoms with Crippen molar-refractivity contribution >= 4 is 28.0 Å². The van der Waals surface area contributed by atoms with Crippen LogP contribution >= 0.6 is 15.9 Å². The average Bonchev–Trinajstić information content (AvgIpc) is 2.82.